The number of benzene rings is 4. The molecule has 12 nitrogen and oxygen atoms in total. The largest absolute Gasteiger partial charge is 0.508 e. The number of fused-ring (bicyclic) bond motifs is 16. The van der Waals surface area contributed by atoms with Crippen molar-refractivity contribution in [2.75, 3.05) is 13.2 Å². The van der Waals surface area contributed by atoms with Crippen LogP contribution < -0.4 is 26.0 Å². The average molecular weight is 763 g/mol. The molecule has 0 unspecified atom stereocenters. The van der Waals surface area contributed by atoms with Gasteiger partial charge in [-0.05, 0) is 64.9 Å². The Labute approximate surface area is 322 Å². The first-order valence-electron chi connectivity index (χ1n) is 17.6. The van der Waals surface area contributed by atoms with Crippen molar-refractivity contribution in [2.45, 2.75) is 44.3 Å². The quantitative estimate of drug-likeness (QED) is 0.139. The van der Waals surface area contributed by atoms with Crippen LogP contribution in [0.2, 0.25) is 0 Å². The lowest BCUT2D eigenvalue weighted by Crippen LogP contribution is -2.55. The number of phenols is 1. The Balaban J connectivity index is 0.000000373. The third-order valence-corrected chi connectivity index (χ3v) is 9.49. The van der Waals surface area contributed by atoms with Gasteiger partial charge in [0.1, 0.15) is 29.6 Å². The second-order valence-corrected chi connectivity index (χ2v) is 13.9. The highest BCUT2D eigenvalue weighted by atomic mass is 32.1. The predicted octanol–water partition coefficient (Wildman–Crippen LogP) is 4.19. The van der Waals surface area contributed by atoms with E-state index in [4.69, 9.17) is 4.74 Å². The van der Waals surface area contributed by atoms with Crippen molar-refractivity contribution in [3.63, 3.8) is 0 Å². The molecule has 2 bridgehead atoms. The summed E-state index contributed by atoms with van der Waals surface area (Å²) in [4.78, 5) is 64.7. The summed E-state index contributed by atoms with van der Waals surface area (Å²) in [6.07, 6.45) is 0.122. The number of nitrogens with one attached hydrogen (secondary N) is 4. The van der Waals surface area contributed by atoms with E-state index in [1.165, 1.54) is 40.2 Å². The van der Waals surface area contributed by atoms with Gasteiger partial charge in [0.25, 0.3) is 5.91 Å². The lowest BCUT2D eigenvalue weighted by molar-refractivity contribution is -0.142. The van der Waals surface area contributed by atoms with Crippen LogP contribution in [0, 0.1) is 6.92 Å². The highest BCUT2D eigenvalue weighted by molar-refractivity contribution is 7.09. The molecule has 5 aromatic rings. The summed E-state index contributed by atoms with van der Waals surface area (Å²) in [6, 6.07) is 31.5. The first-order chi connectivity index (χ1) is 26.5. The highest BCUT2D eigenvalue weighted by Gasteiger charge is 2.28. The number of hydrogen-bond acceptors (Lipinski definition) is 8. The highest BCUT2D eigenvalue weighted by Crippen LogP contribution is 2.19. The molecule has 2 aliphatic rings. The second kappa shape index (κ2) is 19.6. The van der Waals surface area contributed by atoms with E-state index in [1.807, 2.05) is 23.6 Å². The summed E-state index contributed by atoms with van der Waals surface area (Å²) < 4.78 is 5.53. The Morgan fingerprint density at radius 2 is 1.38 bits per heavy atom. The van der Waals surface area contributed by atoms with Gasteiger partial charge in [-0.25, -0.2) is 4.79 Å². The molecule has 0 spiro atoms. The molecule has 13 heteroatoms. The monoisotopic (exact) mass is 762 g/mol. The van der Waals surface area contributed by atoms with E-state index in [-0.39, 0.29) is 31.6 Å². The fraction of sp³-hybridized carbons (Fsp3) is 0.214. The lowest BCUT2D eigenvalue weighted by Gasteiger charge is -2.22. The maximum Gasteiger partial charge on any atom is 0.326 e. The normalized spacial score (nSPS) is 18.0. The zero-order valence-corrected chi connectivity index (χ0v) is 30.9. The summed E-state index contributed by atoms with van der Waals surface area (Å²) in [5.41, 5.74) is 5.05. The number of hydrogen-bond donors (Lipinski definition) is 6. The summed E-state index contributed by atoms with van der Waals surface area (Å²) in [5, 5.41) is 31.4. The van der Waals surface area contributed by atoms with Gasteiger partial charge in [0.05, 0.1) is 6.54 Å². The molecule has 0 aliphatic carbocycles. The minimum Gasteiger partial charge on any atom is -0.508 e. The van der Waals surface area contributed by atoms with Crippen molar-refractivity contribution in [3.8, 4) is 22.6 Å². The molecule has 7 rings (SSSR count). The van der Waals surface area contributed by atoms with Crippen molar-refractivity contribution >= 4 is 40.9 Å². The average Bonchev–Trinajstić information content (AvgIpc) is 3.70. The first kappa shape index (κ1) is 39.7. The number of carboxylic acid groups (broad SMARTS) is 1. The molecule has 4 aromatic carbocycles. The number of carbonyl (C=O) groups excluding carboxylic acids is 4. The predicted molar refractivity (Wildman–Crippen MR) is 209 cm³/mol. The van der Waals surface area contributed by atoms with Gasteiger partial charge in [0, 0.05) is 24.1 Å². The van der Waals surface area contributed by atoms with Gasteiger partial charge in [-0.2, -0.15) is 0 Å². The van der Waals surface area contributed by atoms with E-state index in [1.54, 1.807) is 36.4 Å². The van der Waals surface area contributed by atoms with Crippen molar-refractivity contribution < 1.29 is 38.9 Å². The number of rotatable bonds is 6. The van der Waals surface area contributed by atoms with E-state index in [2.05, 4.69) is 76.7 Å². The Morgan fingerprint density at radius 3 is 2.04 bits per heavy atom. The molecule has 284 valence electrons. The topological polar surface area (TPSA) is 183 Å². The van der Waals surface area contributed by atoms with Crippen LogP contribution in [0.25, 0.3) is 11.1 Å². The fourth-order valence-corrected chi connectivity index (χ4v) is 6.40. The van der Waals surface area contributed by atoms with Crippen molar-refractivity contribution in [2.24, 2.45) is 0 Å². The first-order valence-corrected chi connectivity index (χ1v) is 18.4. The van der Waals surface area contributed by atoms with E-state index >= 15 is 0 Å². The Kier molecular flexibility index (Phi) is 14.1. The molecule has 3 atom stereocenters. The standard InChI is InChI=1S/C29H30N4O8S.C13H12/c34-19-7-3-17(4-8-19)12-22-28(38)33-24(29(39)40)13-18-5-9-20(10-6-18)41-16-26(36)32-23(14-21-2-1-11-42-21)27(37)30-15-25(35)31-22;1-11-7-9-13(10-8-11)12-5-3-2-4-6-12/h1-11,22-24,34H,12-16H2,(H,30,37)(H,31,35)(H,32,36)(H,33,38)(H,39,40);2-10H,1H3/t22-,23-,24+;/m1./s1. The number of aliphatic carboxylic acids is 1. The number of aryl methyl sites for hydroxylation is 1. The number of amides is 4. The van der Waals surface area contributed by atoms with Gasteiger partial charge >= 0.3 is 5.97 Å². The zero-order chi connectivity index (χ0) is 39.2. The van der Waals surface area contributed by atoms with Crippen LogP contribution in [0.4, 0.5) is 0 Å². The van der Waals surface area contributed by atoms with Crippen LogP contribution in [0.5, 0.6) is 11.5 Å². The van der Waals surface area contributed by atoms with Crippen LogP contribution in [0.1, 0.15) is 21.6 Å². The van der Waals surface area contributed by atoms with Crippen LogP contribution in [-0.4, -0.2) is 71.1 Å². The summed E-state index contributed by atoms with van der Waals surface area (Å²) in [5.74, 6) is -3.51. The van der Waals surface area contributed by atoms with Gasteiger partial charge < -0.3 is 36.2 Å². The van der Waals surface area contributed by atoms with E-state index in [9.17, 15) is 34.2 Å². The summed E-state index contributed by atoms with van der Waals surface area (Å²) in [7, 11) is 0. The Bertz CT molecular complexity index is 2040. The molecule has 55 heavy (non-hydrogen) atoms. The molecule has 0 radical (unpaired) electrons. The van der Waals surface area contributed by atoms with Gasteiger partial charge in [-0.1, -0.05) is 90.5 Å². The SMILES string of the molecule is Cc1ccc(-c2ccccc2)cc1.O=C1COc2ccc(cc2)C[C@@H](C(=O)O)NC(=O)[C@@H](Cc2ccc(O)cc2)NC(=O)CNC(=O)[C@@H](Cc2cccs2)N1. The summed E-state index contributed by atoms with van der Waals surface area (Å²) in [6.45, 7) is 1.23. The third-order valence-electron chi connectivity index (χ3n) is 8.59. The van der Waals surface area contributed by atoms with Crippen LogP contribution in [0.15, 0.2) is 121 Å². The van der Waals surface area contributed by atoms with E-state index in [0.29, 0.717) is 16.9 Å². The zero-order valence-electron chi connectivity index (χ0n) is 30.1. The van der Waals surface area contributed by atoms with Gasteiger partial charge in [-0.3, -0.25) is 19.2 Å². The molecular weight excluding hydrogens is 721 g/mol. The number of carbonyl (C=O) groups is 5. The molecule has 4 amide bonds. The van der Waals surface area contributed by atoms with Crippen molar-refractivity contribution in [1.82, 2.24) is 21.3 Å². The Hall–Kier alpha value is -6.47. The van der Waals surface area contributed by atoms with Gasteiger partial charge in [0.15, 0.2) is 6.61 Å². The van der Waals surface area contributed by atoms with Crippen LogP contribution in [-0.2, 0) is 43.2 Å². The molecular formula is C42H42N4O8S. The van der Waals surface area contributed by atoms with Crippen LogP contribution in [0.3, 0.4) is 0 Å². The number of thiophene rings is 1. The van der Waals surface area contributed by atoms with Crippen molar-refractivity contribution in [3.05, 3.63) is 142 Å². The minimum atomic E-state index is -1.31. The molecule has 0 saturated carbocycles. The van der Waals surface area contributed by atoms with E-state index < -0.39 is 54.3 Å². The maximum atomic E-state index is 13.3. The lowest BCUT2D eigenvalue weighted by atomic mass is 10.0. The number of phenolic OH excluding ortho intramolecular Hbond substituents is 1. The molecule has 2 aliphatic heterocycles. The minimum absolute atomic E-state index is 0.0127. The van der Waals surface area contributed by atoms with E-state index in [0.717, 1.165) is 4.88 Å². The van der Waals surface area contributed by atoms with Gasteiger partial charge in [-0.15, -0.1) is 11.3 Å². The van der Waals surface area contributed by atoms with Gasteiger partial charge in [0.2, 0.25) is 17.7 Å². The third kappa shape index (κ3) is 12.6. The number of carboxylic acids is 1. The smallest absolute Gasteiger partial charge is 0.326 e. The molecule has 1 aromatic heterocycles. The van der Waals surface area contributed by atoms with Crippen molar-refractivity contribution in [1.29, 1.82) is 0 Å². The summed E-state index contributed by atoms with van der Waals surface area (Å²) >= 11 is 1.41. The number of ether oxygens (including phenoxy) is 1. The fourth-order valence-electron chi connectivity index (χ4n) is 5.64. The molecule has 0 fully saturated rings. The second-order valence-electron chi connectivity index (χ2n) is 12.9. The molecule has 0 saturated heterocycles. The maximum absolute atomic E-state index is 13.3. The van der Waals surface area contributed by atoms with Crippen LogP contribution >= 0.6 is 11.3 Å². The number of aromatic hydroxyl groups is 1. The molecule has 6 N–H and O–H groups in total. The Morgan fingerprint density at radius 1 is 0.727 bits per heavy atom. The molecule has 3 heterocycles.